The lowest BCUT2D eigenvalue weighted by molar-refractivity contribution is 0.0612. The highest BCUT2D eigenvalue weighted by Crippen LogP contribution is 2.28. The largest absolute Gasteiger partial charge is 0.334 e. The Morgan fingerprint density at radius 2 is 2.00 bits per heavy atom. The number of piperidine rings is 1. The van der Waals surface area contributed by atoms with Crippen molar-refractivity contribution >= 4 is 5.91 Å². The molecule has 0 bridgehead atoms. The fourth-order valence-corrected chi connectivity index (χ4v) is 3.19. The molecule has 1 aromatic rings. The number of nitrogens with zero attached hydrogens (tertiary/aromatic N) is 1. The summed E-state index contributed by atoms with van der Waals surface area (Å²) in [4.78, 5) is 15.1. The molecule has 0 aliphatic carbocycles. The lowest BCUT2D eigenvalue weighted by Gasteiger charge is -2.37. The molecule has 1 N–H and O–H groups in total. The molecule has 1 aliphatic rings. The number of hydrogen-bond donors (Lipinski definition) is 1. The summed E-state index contributed by atoms with van der Waals surface area (Å²) in [6.07, 6.45) is 3.44. The number of hydrogen-bond acceptors (Lipinski definition) is 2. The third-order valence-corrected chi connectivity index (χ3v) is 4.29. The normalized spacial score (nSPS) is 19.6. The minimum Gasteiger partial charge on any atom is -0.334 e. The van der Waals surface area contributed by atoms with Gasteiger partial charge in [0.05, 0.1) is 0 Å². The first-order valence-corrected chi connectivity index (χ1v) is 8.00. The maximum absolute atomic E-state index is 13.1. The molecule has 1 amide bonds. The van der Waals surface area contributed by atoms with Gasteiger partial charge in [0, 0.05) is 24.7 Å². The van der Waals surface area contributed by atoms with Crippen molar-refractivity contribution in [3.8, 4) is 0 Å². The first kappa shape index (κ1) is 16.0. The van der Waals surface area contributed by atoms with Crippen LogP contribution in [-0.4, -0.2) is 37.0 Å². The number of likely N-dealkylation sites (tertiary alicyclic amines) is 1. The van der Waals surface area contributed by atoms with E-state index >= 15 is 0 Å². The van der Waals surface area contributed by atoms with Crippen LogP contribution >= 0.6 is 0 Å². The summed E-state index contributed by atoms with van der Waals surface area (Å²) in [6.45, 7) is 8.26. The average molecular weight is 288 g/mol. The SMILES string of the molecule is CNCC1CCCCN1C(=O)c1ccccc1C(C)(C)C. The van der Waals surface area contributed by atoms with E-state index < -0.39 is 0 Å². The molecular formula is C18H28N2O. The first-order valence-electron chi connectivity index (χ1n) is 8.00. The van der Waals surface area contributed by atoms with E-state index in [0.717, 1.165) is 37.1 Å². The zero-order chi connectivity index (χ0) is 15.5. The highest BCUT2D eigenvalue weighted by atomic mass is 16.2. The molecular weight excluding hydrogens is 260 g/mol. The smallest absolute Gasteiger partial charge is 0.254 e. The van der Waals surface area contributed by atoms with E-state index in [2.05, 4.69) is 37.1 Å². The summed E-state index contributed by atoms with van der Waals surface area (Å²) < 4.78 is 0. The van der Waals surface area contributed by atoms with Crippen LogP contribution in [0.2, 0.25) is 0 Å². The van der Waals surface area contributed by atoms with Gasteiger partial charge >= 0.3 is 0 Å². The van der Waals surface area contributed by atoms with Crippen LogP contribution in [0.5, 0.6) is 0 Å². The summed E-state index contributed by atoms with van der Waals surface area (Å²) >= 11 is 0. The van der Waals surface area contributed by atoms with Gasteiger partial charge in [-0.2, -0.15) is 0 Å². The van der Waals surface area contributed by atoms with Crippen molar-refractivity contribution in [3.63, 3.8) is 0 Å². The highest BCUT2D eigenvalue weighted by molar-refractivity contribution is 5.96. The molecule has 1 unspecified atom stereocenters. The lowest BCUT2D eigenvalue weighted by atomic mass is 9.83. The summed E-state index contributed by atoms with van der Waals surface area (Å²) in [5.41, 5.74) is 2.00. The van der Waals surface area contributed by atoms with Gasteiger partial charge in [0.25, 0.3) is 5.91 Å². The number of likely N-dealkylation sites (N-methyl/N-ethyl adjacent to an activating group) is 1. The summed E-state index contributed by atoms with van der Waals surface area (Å²) in [5, 5.41) is 3.22. The van der Waals surface area contributed by atoms with E-state index in [4.69, 9.17) is 0 Å². The Labute approximate surface area is 128 Å². The number of carbonyl (C=O) groups excluding carboxylic acids is 1. The van der Waals surface area contributed by atoms with Crippen LogP contribution in [0.4, 0.5) is 0 Å². The maximum Gasteiger partial charge on any atom is 0.254 e. The van der Waals surface area contributed by atoms with E-state index in [1.165, 1.54) is 6.42 Å². The number of benzene rings is 1. The first-order chi connectivity index (χ1) is 9.95. The van der Waals surface area contributed by atoms with Crippen LogP contribution in [0.25, 0.3) is 0 Å². The van der Waals surface area contributed by atoms with Crippen molar-refractivity contribution in [2.45, 2.75) is 51.5 Å². The van der Waals surface area contributed by atoms with Crippen molar-refractivity contribution in [1.29, 1.82) is 0 Å². The average Bonchev–Trinajstić information content (AvgIpc) is 2.46. The van der Waals surface area contributed by atoms with E-state index in [-0.39, 0.29) is 11.3 Å². The Hall–Kier alpha value is -1.35. The predicted molar refractivity (Wildman–Crippen MR) is 87.7 cm³/mol. The molecule has 1 heterocycles. The van der Waals surface area contributed by atoms with Gasteiger partial charge < -0.3 is 10.2 Å². The van der Waals surface area contributed by atoms with Crippen LogP contribution in [0.1, 0.15) is 56.0 Å². The minimum atomic E-state index is -0.0134. The molecule has 116 valence electrons. The zero-order valence-electron chi connectivity index (χ0n) is 13.8. The molecule has 21 heavy (non-hydrogen) atoms. The predicted octanol–water partition coefficient (Wildman–Crippen LogP) is 3.20. The molecule has 2 rings (SSSR count). The Balaban J connectivity index is 2.31. The second-order valence-corrected chi connectivity index (χ2v) is 7.00. The van der Waals surface area contributed by atoms with E-state index in [9.17, 15) is 4.79 Å². The molecule has 3 heteroatoms. The maximum atomic E-state index is 13.1. The molecule has 0 aromatic heterocycles. The van der Waals surface area contributed by atoms with Crippen LogP contribution in [0.3, 0.4) is 0 Å². The van der Waals surface area contributed by atoms with E-state index in [1.807, 2.05) is 25.2 Å². The topological polar surface area (TPSA) is 32.3 Å². The molecule has 1 saturated heterocycles. The van der Waals surface area contributed by atoms with E-state index in [1.54, 1.807) is 0 Å². The molecule has 1 aromatic carbocycles. The number of rotatable bonds is 3. The monoisotopic (exact) mass is 288 g/mol. The summed E-state index contributed by atoms with van der Waals surface area (Å²) in [5.74, 6) is 0.195. The lowest BCUT2D eigenvalue weighted by Crippen LogP contribution is -2.48. The summed E-state index contributed by atoms with van der Waals surface area (Å²) in [7, 11) is 1.96. The Kier molecular flexibility index (Phi) is 5.04. The molecule has 1 atom stereocenters. The Bertz CT molecular complexity index is 488. The third kappa shape index (κ3) is 3.65. The Morgan fingerprint density at radius 3 is 2.67 bits per heavy atom. The molecule has 0 radical (unpaired) electrons. The fraction of sp³-hybridized carbons (Fsp3) is 0.611. The van der Waals surface area contributed by atoms with Crippen molar-refractivity contribution < 1.29 is 4.79 Å². The van der Waals surface area contributed by atoms with Gasteiger partial charge in [0.2, 0.25) is 0 Å². The molecule has 0 saturated carbocycles. The molecule has 0 spiro atoms. The fourth-order valence-electron chi connectivity index (χ4n) is 3.19. The standard InChI is InChI=1S/C18H28N2O/c1-18(2,3)16-11-6-5-10-15(16)17(21)20-12-8-7-9-14(20)13-19-4/h5-6,10-11,14,19H,7-9,12-13H2,1-4H3. The van der Waals surface area contributed by atoms with Crippen molar-refractivity contribution in [3.05, 3.63) is 35.4 Å². The second-order valence-electron chi connectivity index (χ2n) is 7.00. The van der Waals surface area contributed by atoms with Crippen LogP contribution in [0.15, 0.2) is 24.3 Å². The number of carbonyl (C=O) groups is 1. The van der Waals surface area contributed by atoms with Gasteiger partial charge in [-0.25, -0.2) is 0 Å². The molecule has 1 fully saturated rings. The van der Waals surface area contributed by atoms with Crippen LogP contribution < -0.4 is 5.32 Å². The Morgan fingerprint density at radius 1 is 1.29 bits per heavy atom. The van der Waals surface area contributed by atoms with Gasteiger partial charge in [0.1, 0.15) is 0 Å². The number of nitrogens with one attached hydrogen (secondary N) is 1. The molecule has 3 nitrogen and oxygen atoms in total. The van der Waals surface area contributed by atoms with Crippen LogP contribution in [0, 0.1) is 0 Å². The zero-order valence-corrected chi connectivity index (χ0v) is 13.8. The van der Waals surface area contributed by atoms with Gasteiger partial charge in [-0.05, 0) is 43.4 Å². The van der Waals surface area contributed by atoms with Gasteiger partial charge in [-0.3, -0.25) is 4.79 Å². The highest BCUT2D eigenvalue weighted by Gasteiger charge is 2.30. The van der Waals surface area contributed by atoms with Gasteiger partial charge in [0.15, 0.2) is 0 Å². The number of amides is 1. The van der Waals surface area contributed by atoms with Gasteiger partial charge in [-0.1, -0.05) is 39.0 Å². The summed E-state index contributed by atoms with van der Waals surface area (Å²) in [6, 6.07) is 8.39. The van der Waals surface area contributed by atoms with Crippen molar-refractivity contribution in [2.75, 3.05) is 20.1 Å². The minimum absolute atomic E-state index is 0.0134. The van der Waals surface area contributed by atoms with Gasteiger partial charge in [-0.15, -0.1) is 0 Å². The third-order valence-electron chi connectivity index (χ3n) is 4.29. The van der Waals surface area contributed by atoms with Crippen molar-refractivity contribution in [2.24, 2.45) is 0 Å². The van der Waals surface area contributed by atoms with Crippen LogP contribution in [-0.2, 0) is 5.41 Å². The molecule has 1 aliphatic heterocycles. The van der Waals surface area contributed by atoms with Crippen molar-refractivity contribution in [1.82, 2.24) is 10.2 Å². The second kappa shape index (κ2) is 6.61. The quantitative estimate of drug-likeness (QED) is 0.926. The van der Waals surface area contributed by atoms with E-state index in [0.29, 0.717) is 6.04 Å².